The Morgan fingerprint density at radius 2 is 1.89 bits per heavy atom. The molecule has 2 heterocycles. The van der Waals surface area contributed by atoms with Crippen LogP contribution < -0.4 is 5.32 Å². The number of amides is 1. The van der Waals surface area contributed by atoms with Gasteiger partial charge in [-0.2, -0.15) is 5.10 Å². The lowest BCUT2D eigenvalue weighted by molar-refractivity contribution is -0.113. The molecule has 0 bridgehead atoms. The third-order valence-electron chi connectivity index (χ3n) is 4.85. The number of hydrogen-bond acceptors (Lipinski definition) is 6. The highest BCUT2D eigenvalue weighted by molar-refractivity contribution is 7.99. The minimum atomic E-state index is -0.230. The summed E-state index contributed by atoms with van der Waals surface area (Å²) in [4.78, 5) is 12.6. The van der Waals surface area contributed by atoms with Gasteiger partial charge in [0.1, 0.15) is 5.82 Å². The van der Waals surface area contributed by atoms with Crippen molar-refractivity contribution < 1.29 is 4.79 Å². The summed E-state index contributed by atoms with van der Waals surface area (Å²) in [6.45, 7) is 12.6. The van der Waals surface area contributed by atoms with Crippen LogP contribution >= 0.6 is 11.8 Å². The lowest BCUT2D eigenvalue weighted by Gasteiger charge is -2.23. The number of aromatic nitrogens is 6. The van der Waals surface area contributed by atoms with E-state index in [4.69, 9.17) is 5.10 Å². The molecule has 154 valence electrons. The Hall–Kier alpha value is -1.90. The van der Waals surface area contributed by atoms with Crippen LogP contribution in [-0.2, 0) is 15.7 Å². The molecule has 0 aliphatic heterocycles. The molecule has 9 heteroatoms. The number of anilines is 1. The number of rotatable bonds is 5. The topological polar surface area (TPSA) is 90.5 Å². The molecule has 28 heavy (non-hydrogen) atoms. The van der Waals surface area contributed by atoms with E-state index in [1.54, 1.807) is 0 Å². The molecular weight excluding hydrogens is 374 g/mol. The lowest BCUT2D eigenvalue weighted by atomic mass is 9.92. The standard InChI is InChI=1S/C19H31N7OS/c1-18(2,3)14-11-15(26(22-14)19(4,5)6)20-16(27)12-28-17-21-23-24-25(17)13-9-7-8-10-13/h11,13H,7-10,12H2,1-6H3,(H,20,27). The smallest absolute Gasteiger partial charge is 0.235 e. The van der Waals surface area contributed by atoms with Crippen LogP contribution in [0.5, 0.6) is 0 Å². The molecular formula is C19H31N7OS. The van der Waals surface area contributed by atoms with E-state index in [1.165, 1.54) is 24.6 Å². The maximum Gasteiger partial charge on any atom is 0.235 e. The second-order valence-corrected chi connectivity index (χ2v) is 10.4. The summed E-state index contributed by atoms with van der Waals surface area (Å²) in [5, 5.41) is 20.5. The average molecular weight is 406 g/mol. The van der Waals surface area contributed by atoms with Gasteiger partial charge < -0.3 is 5.32 Å². The van der Waals surface area contributed by atoms with Gasteiger partial charge >= 0.3 is 0 Å². The van der Waals surface area contributed by atoms with Gasteiger partial charge in [-0.1, -0.05) is 45.4 Å². The summed E-state index contributed by atoms with van der Waals surface area (Å²) in [6, 6.07) is 2.33. The fourth-order valence-corrected chi connectivity index (χ4v) is 4.06. The minimum Gasteiger partial charge on any atom is -0.310 e. The second-order valence-electron chi connectivity index (χ2n) is 9.43. The summed E-state index contributed by atoms with van der Waals surface area (Å²) in [5.74, 6) is 0.892. The maximum absolute atomic E-state index is 12.6. The minimum absolute atomic E-state index is 0.0863. The van der Waals surface area contributed by atoms with E-state index in [0.29, 0.717) is 11.2 Å². The summed E-state index contributed by atoms with van der Waals surface area (Å²) >= 11 is 1.38. The molecule has 0 aromatic carbocycles. The predicted octanol–water partition coefficient (Wildman–Crippen LogP) is 3.77. The first-order valence-corrected chi connectivity index (χ1v) is 10.9. The van der Waals surface area contributed by atoms with E-state index in [1.807, 2.05) is 15.4 Å². The molecule has 2 aromatic rings. The molecule has 1 aliphatic rings. The van der Waals surface area contributed by atoms with Crippen LogP contribution in [0.1, 0.15) is 79.0 Å². The van der Waals surface area contributed by atoms with E-state index in [0.717, 1.165) is 24.4 Å². The van der Waals surface area contributed by atoms with E-state index < -0.39 is 0 Å². The van der Waals surface area contributed by atoms with Crippen molar-refractivity contribution in [2.75, 3.05) is 11.1 Å². The molecule has 0 spiro atoms. The van der Waals surface area contributed by atoms with Crippen LogP contribution in [0.4, 0.5) is 5.82 Å². The van der Waals surface area contributed by atoms with Crippen molar-refractivity contribution in [3.8, 4) is 0 Å². The van der Waals surface area contributed by atoms with Crippen molar-refractivity contribution in [3.63, 3.8) is 0 Å². The molecule has 0 saturated heterocycles. The van der Waals surface area contributed by atoms with Gasteiger partial charge in [-0.25, -0.2) is 9.36 Å². The largest absolute Gasteiger partial charge is 0.310 e. The molecule has 0 unspecified atom stereocenters. The molecule has 1 fully saturated rings. The van der Waals surface area contributed by atoms with Crippen molar-refractivity contribution >= 4 is 23.5 Å². The number of carbonyl (C=O) groups is 1. The van der Waals surface area contributed by atoms with Crippen LogP contribution in [-0.4, -0.2) is 41.6 Å². The van der Waals surface area contributed by atoms with Gasteiger partial charge in [0.25, 0.3) is 0 Å². The molecule has 0 radical (unpaired) electrons. The second kappa shape index (κ2) is 7.85. The monoisotopic (exact) mass is 405 g/mol. The zero-order valence-corrected chi connectivity index (χ0v) is 18.5. The lowest BCUT2D eigenvalue weighted by Crippen LogP contribution is -2.27. The van der Waals surface area contributed by atoms with Gasteiger partial charge in [0.05, 0.1) is 23.0 Å². The summed E-state index contributed by atoms with van der Waals surface area (Å²) in [6.07, 6.45) is 4.63. The summed E-state index contributed by atoms with van der Waals surface area (Å²) < 4.78 is 3.76. The van der Waals surface area contributed by atoms with Gasteiger partial charge in [0.15, 0.2) is 0 Å². The fraction of sp³-hybridized carbons (Fsp3) is 0.737. The highest BCUT2D eigenvalue weighted by Crippen LogP contribution is 2.32. The van der Waals surface area contributed by atoms with Gasteiger partial charge in [-0.05, 0) is 44.0 Å². The summed E-state index contributed by atoms with van der Waals surface area (Å²) in [7, 11) is 0. The number of carbonyl (C=O) groups excluding carboxylic acids is 1. The van der Waals surface area contributed by atoms with Gasteiger partial charge in [-0.15, -0.1) is 5.10 Å². The normalized spacial score (nSPS) is 15.9. The van der Waals surface area contributed by atoms with Gasteiger partial charge in [0, 0.05) is 11.5 Å². The highest BCUT2D eigenvalue weighted by Gasteiger charge is 2.26. The number of nitrogens with one attached hydrogen (secondary N) is 1. The number of tetrazole rings is 1. The third kappa shape index (κ3) is 4.74. The van der Waals surface area contributed by atoms with Crippen LogP contribution in [0.15, 0.2) is 11.2 Å². The molecule has 2 aromatic heterocycles. The van der Waals surface area contributed by atoms with E-state index in [9.17, 15) is 4.79 Å². The third-order valence-corrected chi connectivity index (χ3v) is 5.78. The molecule has 1 N–H and O–H groups in total. The first kappa shape index (κ1) is 20.8. The number of nitrogens with zero attached hydrogens (tertiary/aromatic N) is 6. The van der Waals surface area contributed by atoms with Gasteiger partial charge in [-0.3, -0.25) is 4.79 Å². The van der Waals surface area contributed by atoms with Crippen molar-refractivity contribution in [1.29, 1.82) is 0 Å². The van der Waals surface area contributed by atoms with Crippen LogP contribution in [0.25, 0.3) is 0 Å². The molecule has 1 saturated carbocycles. The molecule has 1 amide bonds. The quantitative estimate of drug-likeness (QED) is 0.762. The predicted molar refractivity (Wildman–Crippen MR) is 111 cm³/mol. The summed E-state index contributed by atoms with van der Waals surface area (Å²) in [5.41, 5.74) is 0.635. The Balaban J connectivity index is 1.68. The van der Waals surface area contributed by atoms with Crippen molar-refractivity contribution in [3.05, 3.63) is 11.8 Å². The molecule has 1 aliphatic carbocycles. The first-order valence-electron chi connectivity index (χ1n) is 9.87. The first-order chi connectivity index (χ1) is 13.1. The number of thioether (sulfide) groups is 1. The number of hydrogen-bond donors (Lipinski definition) is 1. The zero-order chi connectivity index (χ0) is 20.5. The molecule has 8 nitrogen and oxygen atoms in total. The fourth-order valence-electron chi connectivity index (χ4n) is 3.32. The Morgan fingerprint density at radius 1 is 1.21 bits per heavy atom. The van der Waals surface area contributed by atoms with Crippen LogP contribution in [0.3, 0.4) is 0 Å². The molecule has 0 atom stereocenters. The Kier molecular flexibility index (Phi) is 5.84. The van der Waals surface area contributed by atoms with E-state index >= 15 is 0 Å². The average Bonchev–Trinajstić information content (AvgIpc) is 3.30. The van der Waals surface area contributed by atoms with E-state index in [-0.39, 0.29) is 22.6 Å². The Labute approximate surface area is 170 Å². The Bertz CT molecular complexity index is 822. The van der Waals surface area contributed by atoms with Crippen molar-refractivity contribution in [2.45, 2.75) is 89.4 Å². The van der Waals surface area contributed by atoms with Gasteiger partial charge in [0.2, 0.25) is 11.1 Å². The van der Waals surface area contributed by atoms with Crippen molar-refractivity contribution in [2.24, 2.45) is 0 Å². The molecule has 3 rings (SSSR count). The van der Waals surface area contributed by atoms with Crippen LogP contribution in [0, 0.1) is 0 Å². The Morgan fingerprint density at radius 3 is 2.50 bits per heavy atom. The van der Waals surface area contributed by atoms with E-state index in [2.05, 4.69) is 62.4 Å². The maximum atomic E-state index is 12.6. The van der Waals surface area contributed by atoms with Crippen molar-refractivity contribution in [1.82, 2.24) is 30.0 Å². The van der Waals surface area contributed by atoms with Crippen LogP contribution in [0.2, 0.25) is 0 Å². The zero-order valence-electron chi connectivity index (χ0n) is 17.7. The highest BCUT2D eigenvalue weighted by atomic mass is 32.2. The SMILES string of the molecule is CC(C)(C)c1cc(NC(=O)CSc2nnnn2C2CCCC2)n(C(C)(C)C)n1.